The molecule has 0 unspecified atom stereocenters. The smallest absolute Gasteiger partial charge is 0.139 e. The Hall–Kier alpha value is -2.10. The van der Waals surface area contributed by atoms with Crippen molar-refractivity contribution in [2.45, 2.75) is 33.1 Å². The van der Waals surface area contributed by atoms with E-state index in [0.29, 0.717) is 5.82 Å². The van der Waals surface area contributed by atoms with E-state index in [2.05, 4.69) is 48.2 Å². The lowest BCUT2D eigenvalue weighted by molar-refractivity contribution is 0.855. The van der Waals surface area contributed by atoms with Gasteiger partial charge in [0, 0.05) is 11.3 Å². The van der Waals surface area contributed by atoms with E-state index < -0.39 is 0 Å². The summed E-state index contributed by atoms with van der Waals surface area (Å²) >= 11 is 0. The van der Waals surface area contributed by atoms with Crippen LogP contribution in [0.25, 0.3) is 0 Å². The molecule has 0 aliphatic carbocycles. The number of nitrogen functional groups attached to an aromatic ring is 1. The molecule has 0 aliphatic heterocycles. The Balaban J connectivity index is 2.35. The highest BCUT2D eigenvalue weighted by molar-refractivity contribution is 5.65. The minimum Gasteiger partial charge on any atom is -0.383 e. The third-order valence-corrected chi connectivity index (χ3v) is 3.09. The predicted molar refractivity (Wildman–Crippen MR) is 79.6 cm³/mol. The van der Waals surface area contributed by atoms with Crippen LogP contribution in [0.3, 0.4) is 0 Å². The maximum atomic E-state index is 5.94. The van der Waals surface area contributed by atoms with Gasteiger partial charge in [-0.05, 0) is 30.0 Å². The summed E-state index contributed by atoms with van der Waals surface area (Å²) in [4.78, 5) is 8.37. The van der Waals surface area contributed by atoms with E-state index in [1.807, 2.05) is 12.1 Å². The quantitative estimate of drug-likeness (QED) is 0.879. The van der Waals surface area contributed by atoms with Gasteiger partial charge in [0.25, 0.3) is 0 Å². The Morgan fingerprint density at radius 1 is 1.26 bits per heavy atom. The molecular formula is C15H20N4. The number of aryl methyl sites for hydroxylation is 1. The molecule has 2 aromatic rings. The van der Waals surface area contributed by atoms with Crippen LogP contribution in [0.1, 0.15) is 37.8 Å². The van der Waals surface area contributed by atoms with Crippen LogP contribution in [-0.2, 0) is 6.42 Å². The third kappa shape index (κ3) is 3.02. The Morgan fingerprint density at radius 3 is 2.74 bits per heavy atom. The second-order valence-electron chi connectivity index (χ2n) is 4.85. The fourth-order valence-electron chi connectivity index (χ4n) is 2.08. The van der Waals surface area contributed by atoms with Gasteiger partial charge in [-0.1, -0.05) is 32.9 Å². The van der Waals surface area contributed by atoms with Gasteiger partial charge in [0.1, 0.15) is 18.0 Å². The topological polar surface area (TPSA) is 63.8 Å². The van der Waals surface area contributed by atoms with Crippen molar-refractivity contribution >= 4 is 17.3 Å². The van der Waals surface area contributed by atoms with Crippen LogP contribution in [-0.4, -0.2) is 9.97 Å². The van der Waals surface area contributed by atoms with Crippen molar-refractivity contribution in [3.63, 3.8) is 0 Å². The fraction of sp³-hybridized carbons (Fsp3) is 0.333. The first-order chi connectivity index (χ1) is 9.11. The predicted octanol–water partition coefficient (Wildman–Crippen LogP) is 3.49. The van der Waals surface area contributed by atoms with Crippen molar-refractivity contribution < 1.29 is 0 Å². The van der Waals surface area contributed by atoms with E-state index in [1.165, 1.54) is 11.9 Å². The molecule has 100 valence electrons. The van der Waals surface area contributed by atoms with Crippen molar-refractivity contribution in [1.29, 1.82) is 0 Å². The number of nitrogens with zero attached hydrogens (tertiary/aromatic N) is 2. The standard InChI is InChI=1S/C15H20N4/c1-4-11-6-5-7-12(8-11)19-15-13(10(2)3)14(16)17-9-18-15/h5-10H,4H2,1-3H3,(H3,16,17,18,19). The average Bonchev–Trinajstić information content (AvgIpc) is 2.38. The lowest BCUT2D eigenvalue weighted by Crippen LogP contribution is -2.06. The highest BCUT2D eigenvalue weighted by Gasteiger charge is 2.13. The molecule has 0 saturated heterocycles. The molecule has 0 atom stereocenters. The van der Waals surface area contributed by atoms with E-state index in [1.54, 1.807) is 0 Å². The van der Waals surface area contributed by atoms with Gasteiger partial charge < -0.3 is 11.1 Å². The molecule has 1 heterocycles. The second-order valence-corrected chi connectivity index (χ2v) is 4.85. The van der Waals surface area contributed by atoms with Crippen LogP contribution >= 0.6 is 0 Å². The highest BCUT2D eigenvalue weighted by atomic mass is 15.0. The van der Waals surface area contributed by atoms with Crippen LogP contribution in [0.4, 0.5) is 17.3 Å². The SMILES string of the molecule is CCc1cccc(Nc2ncnc(N)c2C(C)C)c1. The summed E-state index contributed by atoms with van der Waals surface area (Å²) in [7, 11) is 0. The molecule has 0 aliphatic rings. The summed E-state index contributed by atoms with van der Waals surface area (Å²) < 4.78 is 0. The zero-order valence-electron chi connectivity index (χ0n) is 11.6. The van der Waals surface area contributed by atoms with Crippen molar-refractivity contribution in [2.75, 3.05) is 11.1 Å². The van der Waals surface area contributed by atoms with Gasteiger partial charge in [-0.3, -0.25) is 0 Å². The van der Waals surface area contributed by atoms with Crippen molar-refractivity contribution in [2.24, 2.45) is 0 Å². The summed E-state index contributed by atoms with van der Waals surface area (Å²) in [5.74, 6) is 1.60. The number of nitrogens with one attached hydrogen (secondary N) is 1. The van der Waals surface area contributed by atoms with Crippen LogP contribution in [0, 0.1) is 0 Å². The molecule has 1 aromatic carbocycles. The first-order valence-electron chi connectivity index (χ1n) is 6.58. The van der Waals surface area contributed by atoms with E-state index in [-0.39, 0.29) is 5.92 Å². The van der Waals surface area contributed by atoms with Gasteiger partial charge in [0.15, 0.2) is 0 Å². The number of aromatic nitrogens is 2. The van der Waals surface area contributed by atoms with Gasteiger partial charge >= 0.3 is 0 Å². The molecule has 0 bridgehead atoms. The van der Waals surface area contributed by atoms with E-state index in [4.69, 9.17) is 5.73 Å². The van der Waals surface area contributed by atoms with Crippen LogP contribution in [0.15, 0.2) is 30.6 Å². The molecule has 4 heteroatoms. The Morgan fingerprint density at radius 2 is 2.05 bits per heavy atom. The van der Waals surface area contributed by atoms with E-state index >= 15 is 0 Å². The van der Waals surface area contributed by atoms with Gasteiger partial charge in [-0.25, -0.2) is 9.97 Å². The normalized spacial score (nSPS) is 10.7. The van der Waals surface area contributed by atoms with Crippen LogP contribution in [0.2, 0.25) is 0 Å². The minimum absolute atomic E-state index is 0.276. The molecule has 0 spiro atoms. The zero-order chi connectivity index (χ0) is 13.8. The molecule has 4 nitrogen and oxygen atoms in total. The molecule has 0 radical (unpaired) electrons. The summed E-state index contributed by atoms with van der Waals surface area (Å²) in [5.41, 5.74) is 9.22. The Kier molecular flexibility index (Phi) is 4.00. The average molecular weight is 256 g/mol. The molecular weight excluding hydrogens is 236 g/mol. The Labute approximate surface area is 114 Å². The summed E-state index contributed by atoms with van der Waals surface area (Å²) in [6, 6.07) is 8.31. The van der Waals surface area contributed by atoms with Crippen molar-refractivity contribution in [1.82, 2.24) is 9.97 Å². The number of benzene rings is 1. The van der Waals surface area contributed by atoms with E-state index in [9.17, 15) is 0 Å². The van der Waals surface area contributed by atoms with Crippen molar-refractivity contribution in [3.05, 3.63) is 41.7 Å². The highest BCUT2D eigenvalue weighted by Crippen LogP contribution is 2.28. The maximum Gasteiger partial charge on any atom is 0.139 e. The summed E-state index contributed by atoms with van der Waals surface area (Å²) in [6.07, 6.45) is 2.51. The third-order valence-electron chi connectivity index (χ3n) is 3.09. The second kappa shape index (κ2) is 5.69. The first-order valence-corrected chi connectivity index (χ1v) is 6.58. The van der Waals surface area contributed by atoms with Gasteiger partial charge in [0.05, 0.1) is 0 Å². The Bertz CT molecular complexity index is 564. The summed E-state index contributed by atoms with van der Waals surface area (Å²) in [6.45, 7) is 6.31. The zero-order valence-corrected chi connectivity index (χ0v) is 11.6. The van der Waals surface area contributed by atoms with Crippen molar-refractivity contribution in [3.8, 4) is 0 Å². The van der Waals surface area contributed by atoms with Gasteiger partial charge in [-0.15, -0.1) is 0 Å². The molecule has 0 fully saturated rings. The largest absolute Gasteiger partial charge is 0.383 e. The van der Waals surface area contributed by atoms with E-state index in [0.717, 1.165) is 23.5 Å². The first kappa shape index (κ1) is 13.3. The molecule has 0 saturated carbocycles. The maximum absolute atomic E-state index is 5.94. The number of nitrogens with two attached hydrogens (primary N) is 1. The van der Waals surface area contributed by atoms with Crippen LogP contribution < -0.4 is 11.1 Å². The number of hydrogen-bond donors (Lipinski definition) is 2. The molecule has 3 N–H and O–H groups in total. The summed E-state index contributed by atoms with van der Waals surface area (Å²) in [5, 5.41) is 3.34. The number of hydrogen-bond acceptors (Lipinski definition) is 4. The lowest BCUT2D eigenvalue weighted by Gasteiger charge is -2.15. The molecule has 2 rings (SSSR count). The molecule has 19 heavy (non-hydrogen) atoms. The number of rotatable bonds is 4. The molecule has 1 aromatic heterocycles. The lowest BCUT2D eigenvalue weighted by atomic mass is 10.0. The van der Waals surface area contributed by atoms with Crippen LogP contribution in [0.5, 0.6) is 0 Å². The molecule has 0 amide bonds. The van der Waals surface area contributed by atoms with Gasteiger partial charge in [-0.2, -0.15) is 0 Å². The fourth-order valence-corrected chi connectivity index (χ4v) is 2.08. The van der Waals surface area contributed by atoms with Gasteiger partial charge in [0.2, 0.25) is 0 Å². The minimum atomic E-state index is 0.276. The number of anilines is 3. The monoisotopic (exact) mass is 256 g/mol.